The number of hydrogen-bond acceptors (Lipinski definition) is 6. The van der Waals surface area contributed by atoms with E-state index in [9.17, 15) is 9.59 Å². The molecule has 2 aliphatic heterocycles. The van der Waals surface area contributed by atoms with Crippen molar-refractivity contribution >= 4 is 28.9 Å². The maximum absolute atomic E-state index is 13.3. The van der Waals surface area contributed by atoms with Crippen molar-refractivity contribution < 1.29 is 14.0 Å². The summed E-state index contributed by atoms with van der Waals surface area (Å²) in [5.74, 6) is 6.41. The Hall–Kier alpha value is -4.07. The van der Waals surface area contributed by atoms with Crippen LogP contribution in [0.4, 0.5) is 11.4 Å². The number of piperidine rings is 1. The van der Waals surface area contributed by atoms with Crippen LogP contribution in [0.1, 0.15) is 59.1 Å². The van der Waals surface area contributed by atoms with Crippen molar-refractivity contribution in [3.63, 3.8) is 0 Å². The first-order valence-corrected chi connectivity index (χ1v) is 12.4. The summed E-state index contributed by atoms with van der Waals surface area (Å²) >= 11 is 0. The van der Waals surface area contributed by atoms with Gasteiger partial charge in [-0.25, -0.2) is 0 Å². The van der Waals surface area contributed by atoms with E-state index in [0.717, 1.165) is 48.5 Å². The Morgan fingerprint density at radius 2 is 1.92 bits per heavy atom. The summed E-state index contributed by atoms with van der Waals surface area (Å²) in [6.07, 6.45) is 3.70. The van der Waals surface area contributed by atoms with E-state index in [-0.39, 0.29) is 23.9 Å². The molecule has 0 radical (unpaired) electrons. The third-order valence-corrected chi connectivity index (χ3v) is 6.84. The van der Waals surface area contributed by atoms with Crippen molar-refractivity contribution in [1.29, 1.82) is 0 Å². The number of aryl methyl sites for hydroxylation is 2. The predicted octanol–water partition coefficient (Wildman–Crippen LogP) is 3.95. The number of nitrogens with two attached hydrogens (primary N) is 1. The van der Waals surface area contributed by atoms with Crippen LogP contribution in [0.25, 0.3) is 0 Å². The highest BCUT2D eigenvalue weighted by Crippen LogP contribution is 2.34. The zero-order valence-corrected chi connectivity index (χ0v) is 20.6. The van der Waals surface area contributed by atoms with E-state index in [2.05, 4.69) is 45.8 Å². The van der Waals surface area contributed by atoms with Gasteiger partial charge in [-0.2, -0.15) is 5.10 Å². The van der Waals surface area contributed by atoms with Crippen molar-refractivity contribution in [1.82, 2.24) is 5.32 Å². The summed E-state index contributed by atoms with van der Waals surface area (Å²) in [4.78, 5) is 27.8. The van der Waals surface area contributed by atoms with Gasteiger partial charge < -0.3 is 25.8 Å². The summed E-state index contributed by atoms with van der Waals surface area (Å²) in [7, 11) is 0. The van der Waals surface area contributed by atoms with Crippen molar-refractivity contribution in [2.24, 2.45) is 10.9 Å². The van der Waals surface area contributed by atoms with Gasteiger partial charge in [0.15, 0.2) is 5.71 Å². The first-order valence-electron chi connectivity index (χ1n) is 12.4. The number of benzene rings is 2. The molecule has 8 nitrogen and oxygen atoms in total. The van der Waals surface area contributed by atoms with Crippen LogP contribution in [-0.2, 0) is 16.0 Å². The number of furan rings is 1. The summed E-state index contributed by atoms with van der Waals surface area (Å²) < 4.78 is 6.02. The maximum Gasteiger partial charge on any atom is 0.276 e. The lowest BCUT2D eigenvalue weighted by molar-refractivity contribution is -0.121. The third kappa shape index (κ3) is 4.71. The molecule has 1 saturated heterocycles. The van der Waals surface area contributed by atoms with Gasteiger partial charge in [0.05, 0.1) is 12.1 Å². The third-order valence-electron chi connectivity index (χ3n) is 6.84. The van der Waals surface area contributed by atoms with Gasteiger partial charge in [-0.1, -0.05) is 18.2 Å². The normalized spacial score (nSPS) is 17.1. The van der Waals surface area contributed by atoms with Gasteiger partial charge in [-0.05, 0) is 74.6 Å². The second kappa shape index (κ2) is 9.89. The Morgan fingerprint density at radius 1 is 1.11 bits per heavy atom. The number of carbonyl (C=O) groups is 2. The fourth-order valence-corrected chi connectivity index (χ4v) is 5.05. The van der Waals surface area contributed by atoms with Crippen LogP contribution in [0.5, 0.6) is 0 Å². The molecule has 186 valence electrons. The van der Waals surface area contributed by atoms with Crippen LogP contribution in [0.2, 0.25) is 0 Å². The number of carbonyl (C=O) groups excluding carboxylic acids is 2. The molecule has 0 bridgehead atoms. The Balaban J connectivity index is 1.44. The average Bonchev–Trinajstić information content (AvgIpc) is 3.44. The van der Waals surface area contributed by atoms with E-state index in [1.54, 1.807) is 12.1 Å². The lowest BCUT2D eigenvalue weighted by atomic mass is 9.97. The molecule has 3 aromatic rings. The van der Waals surface area contributed by atoms with E-state index >= 15 is 0 Å². The molecule has 4 N–H and O–H groups in total. The second-order valence-electron chi connectivity index (χ2n) is 9.55. The number of hydrogen-bond donors (Lipinski definition) is 3. The second-order valence-corrected chi connectivity index (χ2v) is 9.55. The van der Waals surface area contributed by atoms with E-state index in [4.69, 9.17) is 10.3 Å². The molecule has 1 unspecified atom stereocenters. The standard InChI is InChI=1S/C28H31N5O3/c1-17-6-9-20(23(14-17)33-12-4-3-5-13-33)26(24-11-7-18(2)36-24)31-25(34)16-19-8-10-22-21(15-19)27(32-29)28(35)30-22/h6-11,14-15,26H,3-5,12-13,16,29H2,1-2H3,(H,31,34)(H,30,32,35). The number of nitrogens with one attached hydrogen (secondary N) is 2. The number of rotatable bonds is 6. The van der Waals surface area contributed by atoms with E-state index in [0.29, 0.717) is 17.0 Å². The number of amides is 2. The number of hydrazone groups is 1. The van der Waals surface area contributed by atoms with Crippen LogP contribution in [0.15, 0.2) is 58.0 Å². The van der Waals surface area contributed by atoms with E-state index < -0.39 is 6.04 Å². The van der Waals surface area contributed by atoms with Gasteiger partial charge in [-0.15, -0.1) is 0 Å². The van der Waals surface area contributed by atoms with Gasteiger partial charge in [-0.3, -0.25) is 9.59 Å². The molecule has 2 amide bonds. The van der Waals surface area contributed by atoms with E-state index in [1.165, 1.54) is 12.0 Å². The number of fused-ring (bicyclic) bond motifs is 1. The Kier molecular flexibility index (Phi) is 6.50. The molecular formula is C28H31N5O3. The Morgan fingerprint density at radius 3 is 2.64 bits per heavy atom. The molecule has 8 heteroatoms. The molecule has 36 heavy (non-hydrogen) atoms. The van der Waals surface area contributed by atoms with Crippen molar-refractivity contribution in [3.8, 4) is 0 Å². The van der Waals surface area contributed by atoms with Crippen molar-refractivity contribution in [2.75, 3.05) is 23.3 Å². The maximum atomic E-state index is 13.3. The fraction of sp³-hybridized carbons (Fsp3) is 0.321. The minimum atomic E-state index is -0.428. The van der Waals surface area contributed by atoms with Crippen LogP contribution in [0.3, 0.4) is 0 Å². The van der Waals surface area contributed by atoms with Crippen molar-refractivity contribution in [3.05, 3.63) is 82.3 Å². The zero-order valence-electron chi connectivity index (χ0n) is 20.6. The molecule has 2 aliphatic rings. The van der Waals surface area contributed by atoms with Crippen LogP contribution >= 0.6 is 0 Å². The van der Waals surface area contributed by atoms with Gasteiger partial charge in [0.25, 0.3) is 5.91 Å². The van der Waals surface area contributed by atoms with Gasteiger partial charge in [0, 0.05) is 29.9 Å². The smallest absolute Gasteiger partial charge is 0.276 e. The first-order chi connectivity index (χ1) is 17.4. The predicted molar refractivity (Wildman–Crippen MR) is 140 cm³/mol. The summed E-state index contributed by atoms with van der Waals surface area (Å²) in [5, 5.41) is 9.55. The lowest BCUT2D eigenvalue weighted by Gasteiger charge is -2.32. The SMILES string of the molecule is Cc1ccc(C(NC(=O)Cc2ccc3c(c2)/C(=N/N)C(=O)N3)c2ccc(C)o2)c(N2CCCCC2)c1. The van der Waals surface area contributed by atoms with Crippen LogP contribution in [-0.4, -0.2) is 30.6 Å². The Labute approximate surface area is 210 Å². The molecule has 5 rings (SSSR count). The molecule has 3 heterocycles. The molecule has 0 spiro atoms. The average molecular weight is 486 g/mol. The highest BCUT2D eigenvalue weighted by Gasteiger charge is 2.28. The summed E-state index contributed by atoms with van der Waals surface area (Å²) in [6, 6.07) is 15.2. The van der Waals surface area contributed by atoms with E-state index in [1.807, 2.05) is 25.1 Å². The molecule has 1 aromatic heterocycles. The summed E-state index contributed by atoms with van der Waals surface area (Å²) in [6.45, 7) is 6.00. The molecule has 0 aliphatic carbocycles. The first kappa shape index (κ1) is 23.7. The minimum Gasteiger partial charge on any atom is -0.464 e. The highest BCUT2D eigenvalue weighted by molar-refractivity contribution is 6.53. The topological polar surface area (TPSA) is 113 Å². The quantitative estimate of drug-likeness (QED) is 0.361. The molecule has 0 saturated carbocycles. The van der Waals surface area contributed by atoms with Crippen molar-refractivity contribution in [2.45, 2.75) is 45.6 Å². The Bertz CT molecular complexity index is 1340. The monoisotopic (exact) mass is 485 g/mol. The highest BCUT2D eigenvalue weighted by atomic mass is 16.3. The van der Waals surface area contributed by atoms with Gasteiger partial charge in [0.1, 0.15) is 17.6 Å². The summed E-state index contributed by atoms with van der Waals surface area (Å²) in [5.41, 5.74) is 5.52. The lowest BCUT2D eigenvalue weighted by Crippen LogP contribution is -2.34. The fourth-order valence-electron chi connectivity index (χ4n) is 5.05. The minimum absolute atomic E-state index is 0.139. The van der Waals surface area contributed by atoms with Gasteiger partial charge in [0.2, 0.25) is 5.91 Å². The molecule has 1 fully saturated rings. The molecule has 2 aromatic carbocycles. The number of nitrogens with zero attached hydrogens (tertiary/aromatic N) is 2. The van der Waals surface area contributed by atoms with Crippen LogP contribution < -0.4 is 21.4 Å². The van der Waals surface area contributed by atoms with Crippen LogP contribution in [0, 0.1) is 13.8 Å². The molecule has 1 atom stereocenters. The largest absolute Gasteiger partial charge is 0.464 e. The van der Waals surface area contributed by atoms with Gasteiger partial charge >= 0.3 is 0 Å². The zero-order chi connectivity index (χ0) is 25.2. The molecular weight excluding hydrogens is 454 g/mol. The number of anilines is 2.